The molecule has 7 nitrogen and oxygen atoms in total. The Morgan fingerprint density at radius 3 is 1.71 bits per heavy atom. The van der Waals surface area contributed by atoms with E-state index in [2.05, 4.69) is 52.5 Å². The van der Waals surface area contributed by atoms with Crippen LogP contribution in [0.3, 0.4) is 0 Å². The fraction of sp³-hybridized carbons (Fsp3) is 0. The second-order valence-electron chi connectivity index (χ2n) is 6.42. The Bertz CT molecular complexity index is 1430. The van der Waals surface area contributed by atoms with Gasteiger partial charge in [0.2, 0.25) is 17.4 Å². The van der Waals surface area contributed by atoms with Crippen LogP contribution in [-0.4, -0.2) is 24.9 Å². The number of hydrogen-bond acceptors (Lipinski definition) is 7. The summed E-state index contributed by atoms with van der Waals surface area (Å²) in [7, 11) is -5.92. The summed E-state index contributed by atoms with van der Waals surface area (Å²) in [5.41, 5.74) is -0.244. The number of ether oxygens (including phenoxy) is 2. The molecule has 0 aromatic heterocycles. The first-order valence-corrected chi connectivity index (χ1v) is 12.5. The lowest BCUT2D eigenvalue weighted by atomic mass is 10.2. The third kappa shape index (κ3) is 5.74. The van der Waals surface area contributed by atoms with Crippen LogP contribution in [0, 0.1) is 23.3 Å². The van der Waals surface area contributed by atoms with Crippen LogP contribution in [0.25, 0.3) is 0 Å². The summed E-state index contributed by atoms with van der Waals surface area (Å²) in [5.74, 6) is -14.1. The van der Waals surface area contributed by atoms with Crippen LogP contribution in [0.5, 0.6) is 11.5 Å². The van der Waals surface area contributed by atoms with E-state index in [1.54, 1.807) is 12.1 Å². The zero-order valence-corrected chi connectivity index (χ0v) is 22.0. The molecule has 0 fully saturated rings. The van der Waals surface area contributed by atoms with Gasteiger partial charge in [0.1, 0.15) is 20.8 Å². The SMILES string of the molecule is O=C(Oc1c(F)c(F)c(S(=O)(=O)[O-])c(F)c1F)c1ccc(OC(=O)c2c(Br)cc(Br)cc2Br)cc1. The zero-order valence-electron chi connectivity index (χ0n) is 16.4. The maximum absolute atomic E-state index is 14.0. The van der Waals surface area contributed by atoms with E-state index in [9.17, 15) is 40.1 Å². The maximum atomic E-state index is 14.0. The molecule has 0 bridgehead atoms. The second-order valence-corrected chi connectivity index (χ2v) is 10.4. The quantitative estimate of drug-likeness (QED) is 0.107. The van der Waals surface area contributed by atoms with Gasteiger partial charge in [0.15, 0.2) is 11.6 Å². The highest BCUT2D eigenvalue weighted by atomic mass is 79.9. The topological polar surface area (TPSA) is 110 Å². The van der Waals surface area contributed by atoms with Gasteiger partial charge in [-0.2, -0.15) is 8.78 Å². The minimum absolute atomic E-state index is 0.0484. The Morgan fingerprint density at radius 1 is 0.771 bits per heavy atom. The van der Waals surface area contributed by atoms with Crippen molar-refractivity contribution < 1.29 is 49.6 Å². The molecule has 0 saturated carbocycles. The Morgan fingerprint density at radius 2 is 1.26 bits per heavy atom. The van der Waals surface area contributed by atoms with Gasteiger partial charge in [0, 0.05) is 13.4 Å². The molecular weight excluding hydrogens is 700 g/mol. The number of hydrogen-bond donors (Lipinski definition) is 0. The van der Waals surface area contributed by atoms with Gasteiger partial charge < -0.3 is 14.0 Å². The normalized spacial score (nSPS) is 11.3. The van der Waals surface area contributed by atoms with Crippen LogP contribution in [0.15, 0.2) is 54.7 Å². The largest absolute Gasteiger partial charge is 0.744 e. The van der Waals surface area contributed by atoms with Gasteiger partial charge >= 0.3 is 11.9 Å². The first-order chi connectivity index (χ1) is 16.2. The number of halogens is 7. The minimum Gasteiger partial charge on any atom is -0.744 e. The lowest BCUT2D eigenvalue weighted by Crippen LogP contribution is -2.16. The number of rotatable bonds is 5. The molecule has 3 aromatic rings. The van der Waals surface area contributed by atoms with Crippen molar-refractivity contribution in [1.29, 1.82) is 0 Å². The van der Waals surface area contributed by atoms with E-state index in [-0.39, 0.29) is 11.3 Å². The molecule has 0 unspecified atom stereocenters. The molecule has 0 aliphatic heterocycles. The van der Waals surface area contributed by atoms with Crippen molar-refractivity contribution >= 4 is 69.8 Å². The summed E-state index contributed by atoms with van der Waals surface area (Å²) in [5, 5.41) is 0. The van der Waals surface area contributed by atoms with Gasteiger partial charge in [0.05, 0.1) is 11.1 Å². The van der Waals surface area contributed by atoms with Crippen LogP contribution >= 0.6 is 47.8 Å². The molecule has 0 atom stereocenters. The molecule has 0 spiro atoms. The summed E-state index contributed by atoms with van der Waals surface area (Å²) in [4.78, 5) is 22.3. The summed E-state index contributed by atoms with van der Waals surface area (Å²) in [6, 6.07) is 7.46. The standard InChI is InChI=1S/C20H7Br3F4O7S/c21-8-5-10(22)12(11(23)6-8)20(29)33-9-3-1-7(2-4-9)19(28)34-17-13(24)15(26)18(35(30,31)32)16(27)14(17)25/h1-6H,(H,30,31,32)/p-1. The second kappa shape index (κ2) is 10.3. The van der Waals surface area contributed by atoms with Gasteiger partial charge in [-0.3, -0.25) is 0 Å². The molecule has 0 radical (unpaired) electrons. The first kappa shape index (κ1) is 27.3. The van der Waals surface area contributed by atoms with Crippen LogP contribution in [0.4, 0.5) is 17.6 Å². The molecule has 0 N–H and O–H groups in total. The van der Waals surface area contributed by atoms with Crippen LogP contribution in [-0.2, 0) is 10.1 Å². The first-order valence-electron chi connectivity index (χ1n) is 8.73. The fourth-order valence-electron chi connectivity index (χ4n) is 2.61. The van der Waals surface area contributed by atoms with Gasteiger partial charge in [-0.05, 0) is 68.3 Å². The van der Waals surface area contributed by atoms with Crippen molar-refractivity contribution in [2.75, 3.05) is 0 Å². The third-order valence-electron chi connectivity index (χ3n) is 4.14. The molecule has 3 aromatic carbocycles. The Hall–Kier alpha value is -2.33. The van der Waals surface area contributed by atoms with Gasteiger partial charge in [-0.15, -0.1) is 0 Å². The van der Waals surface area contributed by atoms with Crippen molar-refractivity contribution in [2.24, 2.45) is 0 Å². The highest BCUT2D eigenvalue weighted by molar-refractivity contribution is 9.11. The molecule has 184 valence electrons. The maximum Gasteiger partial charge on any atom is 0.345 e. The van der Waals surface area contributed by atoms with Crippen molar-refractivity contribution in [3.8, 4) is 11.5 Å². The highest BCUT2D eigenvalue weighted by Gasteiger charge is 2.31. The van der Waals surface area contributed by atoms with E-state index in [0.29, 0.717) is 13.4 Å². The predicted octanol–water partition coefficient (Wildman–Crippen LogP) is 5.87. The smallest absolute Gasteiger partial charge is 0.345 e. The predicted molar refractivity (Wildman–Crippen MR) is 120 cm³/mol. The summed E-state index contributed by atoms with van der Waals surface area (Å²) in [6.45, 7) is 0. The molecule has 0 aliphatic rings. The fourth-order valence-corrected chi connectivity index (χ4v) is 5.81. The van der Waals surface area contributed by atoms with Crippen LogP contribution in [0.2, 0.25) is 0 Å². The molecule has 15 heteroatoms. The van der Waals surface area contributed by atoms with E-state index in [0.717, 1.165) is 24.3 Å². The average Bonchev–Trinajstić information content (AvgIpc) is 2.74. The molecule has 3 rings (SSSR count). The Kier molecular flexibility index (Phi) is 8.06. The summed E-state index contributed by atoms with van der Waals surface area (Å²) >= 11 is 9.70. The lowest BCUT2D eigenvalue weighted by Gasteiger charge is -2.14. The Balaban J connectivity index is 1.83. The van der Waals surface area contributed by atoms with Gasteiger partial charge in [-0.25, -0.2) is 26.8 Å². The van der Waals surface area contributed by atoms with Gasteiger partial charge in [0.25, 0.3) is 0 Å². The average molecular weight is 706 g/mol. The van der Waals surface area contributed by atoms with E-state index < -0.39 is 61.5 Å². The molecule has 35 heavy (non-hydrogen) atoms. The van der Waals surface area contributed by atoms with E-state index in [1.165, 1.54) is 0 Å². The number of esters is 2. The van der Waals surface area contributed by atoms with E-state index in [1.807, 2.05) is 0 Å². The van der Waals surface area contributed by atoms with Crippen molar-refractivity contribution in [3.05, 3.63) is 84.2 Å². The zero-order chi connectivity index (χ0) is 26.2. The van der Waals surface area contributed by atoms with E-state index >= 15 is 0 Å². The number of carbonyl (C=O) groups excluding carboxylic acids is 2. The lowest BCUT2D eigenvalue weighted by molar-refractivity contribution is 0.0715. The van der Waals surface area contributed by atoms with Crippen LogP contribution in [0.1, 0.15) is 20.7 Å². The molecule has 0 heterocycles. The van der Waals surface area contributed by atoms with Crippen molar-refractivity contribution in [3.63, 3.8) is 0 Å². The number of carbonyl (C=O) groups is 2. The van der Waals surface area contributed by atoms with Crippen molar-refractivity contribution in [1.82, 2.24) is 0 Å². The monoisotopic (exact) mass is 703 g/mol. The highest BCUT2D eigenvalue weighted by Crippen LogP contribution is 2.33. The molecule has 0 saturated heterocycles. The summed E-state index contributed by atoms with van der Waals surface area (Å²) in [6.07, 6.45) is 0. The summed E-state index contributed by atoms with van der Waals surface area (Å²) < 4.78 is 99.4. The molecule has 0 amide bonds. The Labute approximate surface area is 219 Å². The number of benzene rings is 3. The molecular formula is C20H6Br3F4O7S-. The van der Waals surface area contributed by atoms with Gasteiger partial charge in [-0.1, -0.05) is 15.9 Å². The third-order valence-corrected chi connectivity index (χ3v) is 6.71. The minimum atomic E-state index is -5.92. The molecule has 0 aliphatic carbocycles. The van der Waals surface area contributed by atoms with E-state index in [4.69, 9.17) is 4.74 Å². The van der Waals surface area contributed by atoms with Crippen molar-refractivity contribution in [2.45, 2.75) is 4.90 Å². The van der Waals surface area contributed by atoms with Crippen LogP contribution < -0.4 is 9.47 Å².